The van der Waals surface area contributed by atoms with Crippen molar-refractivity contribution in [2.75, 3.05) is 14.2 Å². The van der Waals surface area contributed by atoms with Gasteiger partial charge in [-0.15, -0.1) is 10.2 Å². The van der Waals surface area contributed by atoms with Gasteiger partial charge in [0.2, 0.25) is 5.82 Å². The average Bonchev–Trinajstić information content (AvgIpc) is 3.10. The van der Waals surface area contributed by atoms with E-state index in [-0.39, 0.29) is 5.56 Å². The molecular weight excluding hydrogens is 344 g/mol. The van der Waals surface area contributed by atoms with Gasteiger partial charge in [-0.25, -0.2) is 0 Å². The highest BCUT2D eigenvalue weighted by Gasteiger charge is 2.14. The molecule has 2 aromatic carbocycles. The van der Waals surface area contributed by atoms with Gasteiger partial charge in [0, 0.05) is 5.56 Å². The zero-order valence-corrected chi connectivity index (χ0v) is 14.4. The molecule has 8 heteroatoms. The van der Waals surface area contributed by atoms with Crippen molar-refractivity contribution in [2.45, 2.75) is 6.54 Å². The summed E-state index contributed by atoms with van der Waals surface area (Å²) in [6, 6.07) is 12.6. The standard InChI is InChI=1S/C17H15ClN4O3/c1-24-13-6-3-11(4-7-13)10-22-20-17(19-21-22)12-5-8-15(25-2)14(9-12)16(18)23/h3-9H,10H2,1-2H3. The van der Waals surface area contributed by atoms with Gasteiger partial charge in [-0.05, 0) is 52.7 Å². The van der Waals surface area contributed by atoms with Gasteiger partial charge < -0.3 is 9.47 Å². The molecule has 0 N–H and O–H groups in total. The summed E-state index contributed by atoms with van der Waals surface area (Å²) in [4.78, 5) is 13.0. The maximum Gasteiger partial charge on any atom is 0.256 e. The third kappa shape index (κ3) is 3.77. The SMILES string of the molecule is COc1ccc(Cn2nnc(-c3ccc(OC)c(C(=O)Cl)c3)n2)cc1. The van der Waals surface area contributed by atoms with E-state index in [1.165, 1.54) is 11.9 Å². The summed E-state index contributed by atoms with van der Waals surface area (Å²) in [5.41, 5.74) is 1.90. The predicted molar refractivity (Wildman–Crippen MR) is 92.1 cm³/mol. The van der Waals surface area contributed by atoms with Crippen LogP contribution in [0.3, 0.4) is 0 Å². The topological polar surface area (TPSA) is 79.1 Å². The van der Waals surface area contributed by atoms with Crippen LogP contribution in [-0.4, -0.2) is 39.7 Å². The molecule has 0 radical (unpaired) electrons. The number of carbonyl (C=O) groups excluding carboxylic acids is 1. The Kier molecular flexibility index (Phi) is 4.95. The normalized spacial score (nSPS) is 10.5. The van der Waals surface area contributed by atoms with Crippen molar-refractivity contribution in [3.05, 3.63) is 53.6 Å². The van der Waals surface area contributed by atoms with Crippen LogP contribution in [0.4, 0.5) is 0 Å². The number of nitrogens with zero attached hydrogens (tertiary/aromatic N) is 4. The van der Waals surface area contributed by atoms with Crippen LogP contribution in [-0.2, 0) is 6.54 Å². The third-order valence-electron chi connectivity index (χ3n) is 3.61. The van der Waals surface area contributed by atoms with Crippen molar-refractivity contribution in [1.82, 2.24) is 20.2 Å². The fourth-order valence-electron chi connectivity index (χ4n) is 2.32. The number of methoxy groups -OCH3 is 2. The second-order valence-corrected chi connectivity index (χ2v) is 5.52. The van der Waals surface area contributed by atoms with Crippen LogP contribution < -0.4 is 9.47 Å². The molecule has 0 aliphatic rings. The van der Waals surface area contributed by atoms with Crippen LogP contribution in [0.5, 0.6) is 11.5 Å². The van der Waals surface area contributed by atoms with E-state index in [1.807, 2.05) is 24.3 Å². The lowest BCUT2D eigenvalue weighted by atomic mass is 10.1. The summed E-state index contributed by atoms with van der Waals surface area (Å²) in [6.45, 7) is 0.467. The minimum Gasteiger partial charge on any atom is -0.497 e. The molecule has 1 heterocycles. The summed E-state index contributed by atoms with van der Waals surface area (Å²) >= 11 is 5.59. The van der Waals surface area contributed by atoms with Gasteiger partial charge in [-0.2, -0.15) is 4.80 Å². The van der Waals surface area contributed by atoms with Crippen LogP contribution in [0.25, 0.3) is 11.4 Å². The molecule has 0 aliphatic carbocycles. The molecule has 0 aliphatic heterocycles. The van der Waals surface area contributed by atoms with Crippen molar-refractivity contribution < 1.29 is 14.3 Å². The van der Waals surface area contributed by atoms with E-state index >= 15 is 0 Å². The molecule has 25 heavy (non-hydrogen) atoms. The minimum absolute atomic E-state index is 0.258. The monoisotopic (exact) mass is 358 g/mol. The zero-order chi connectivity index (χ0) is 17.8. The Morgan fingerprint density at radius 1 is 1.12 bits per heavy atom. The molecule has 3 rings (SSSR count). The average molecular weight is 359 g/mol. The highest BCUT2D eigenvalue weighted by atomic mass is 35.5. The van der Waals surface area contributed by atoms with Crippen molar-refractivity contribution in [1.29, 1.82) is 0 Å². The van der Waals surface area contributed by atoms with Crippen LogP contribution >= 0.6 is 11.6 Å². The number of halogens is 1. The maximum atomic E-state index is 11.5. The summed E-state index contributed by atoms with van der Waals surface area (Å²) in [7, 11) is 3.09. The van der Waals surface area contributed by atoms with Crippen LogP contribution in [0.15, 0.2) is 42.5 Å². The maximum absolute atomic E-state index is 11.5. The number of carbonyl (C=O) groups is 1. The van der Waals surface area contributed by atoms with Gasteiger partial charge in [0.25, 0.3) is 5.24 Å². The van der Waals surface area contributed by atoms with Crippen LogP contribution in [0.1, 0.15) is 15.9 Å². The molecular formula is C17H15ClN4O3. The first kappa shape index (κ1) is 16.9. The predicted octanol–water partition coefficient (Wildman–Crippen LogP) is 2.78. The van der Waals surface area contributed by atoms with E-state index in [1.54, 1.807) is 25.3 Å². The molecule has 0 atom stereocenters. The zero-order valence-electron chi connectivity index (χ0n) is 13.6. The molecule has 1 aromatic heterocycles. The van der Waals surface area contributed by atoms with Gasteiger partial charge in [0.15, 0.2) is 0 Å². The first-order valence-corrected chi connectivity index (χ1v) is 7.77. The van der Waals surface area contributed by atoms with Crippen molar-refractivity contribution in [2.24, 2.45) is 0 Å². The number of hydrogen-bond donors (Lipinski definition) is 0. The Labute approximate surface area is 149 Å². The van der Waals surface area contributed by atoms with Crippen LogP contribution in [0.2, 0.25) is 0 Å². The van der Waals surface area contributed by atoms with Crippen molar-refractivity contribution in [3.8, 4) is 22.9 Å². The van der Waals surface area contributed by atoms with E-state index in [2.05, 4.69) is 15.4 Å². The quantitative estimate of drug-likeness (QED) is 0.630. The molecule has 0 amide bonds. The number of rotatable bonds is 6. The van der Waals surface area contributed by atoms with Gasteiger partial charge >= 0.3 is 0 Å². The lowest BCUT2D eigenvalue weighted by Gasteiger charge is -2.05. The Morgan fingerprint density at radius 2 is 1.88 bits per heavy atom. The van der Waals surface area contributed by atoms with Crippen molar-refractivity contribution in [3.63, 3.8) is 0 Å². The largest absolute Gasteiger partial charge is 0.497 e. The molecule has 0 saturated heterocycles. The fraction of sp³-hybridized carbons (Fsp3) is 0.176. The summed E-state index contributed by atoms with van der Waals surface area (Å²) in [6.07, 6.45) is 0. The van der Waals surface area contributed by atoms with Crippen LogP contribution in [0, 0.1) is 0 Å². The summed E-state index contributed by atoms with van der Waals surface area (Å²) in [5, 5.41) is 11.8. The summed E-state index contributed by atoms with van der Waals surface area (Å²) < 4.78 is 10.3. The van der Waals surface area contributed by atoms with E-state index in [0.29, 0.717) is 23.7 Å². The van der Waals surface area contributed by atoms with E-state index < -0.39 is 5.24 Å². The Morgan fingerprint density at radius 3 is 2.52 bits per heavy atom. The molecule has 0 bridgehead atoms. The number of tetrazole rings is 1. The molecule has 0 fully saturated rings. The van der Waals surface area contributed by atoms with E-state index in [9.17, 15) is 4.79 Å². The van der Waals surface area contributed by atoms with E-state index in [0.717, 1.165) is 11.3 Å². The molecule has 0 spiro atoms. The highest BCUT2D eigenvalue weighted by Crippen LogP contribution is 2.25. The number of benzene rings is 2. The Bertz CT molecular complexity index is 893. The van der Waals surface area contributed by atoms with Gasteiger partial charge in [0.05, 0.1) is 26.3 Å². The lowest BCUT2D eigenvalue weighted by molar-refractivity contribution is 0.107. The second kappa shape index (κ2) is 7.31. The fourth-order valence-corrected chi connectivity index (χ4v) is 2.47. The molecule has 0 unspecified atom stereocenters. The number of ether oxygens (including phenoxy) is 2. The molecule has 3 aromatic rings. The molecule has 128 valence electrons. The Balaban J connectivity index is 1.83. The highest BCUT2D eigenvalue weighted by molar-refractivity contribution is 6.68. The number of aromatic nitrogens is 4. The summed E-state index contributed by atoms with van der Waals surface area (Å²) in [5.74, 6) is 1.58. The number of hydrogen-bond acceptors (Lipinski definition) is 6. The molecule has 7 nitrogen and oxygen atoms in total. The first-order valence-electron chi connectivity index (χ1n) is 7.39. The van der Waals surface area contributed by atoms with Gasteiger partial charge in [-0.3, -0.25) is 4.79 Å². The van der Waals surface area contributed by atoms with Gasteiger partial charge in [0.1, 0.15) is 11.5 Å². The van der Waals surface area contributed by atoms with Gasteiger partial charge in [-0.1, -0.05) is 12.1 Å². The second-order valence-electron chi connectivity index (χ2n) is 5.18. The first-order chi connectivity index (χ1) is 12.1. The third-order valence-corrected chi connectivity index (χ3v) is 3.81. The molecule has 0 saturated carbocycles. The Hall–Kier alpha value is -2.93. The minimum atomic E-state index is -0.607. The van der Waals surface area contributed by atoms with Crippen molar-refractivity contribution >= 4 is 16.8 Å². The lowest BCUT2D eigenvalue weighted by Crippen LogP contribution is -2.04. The van der Waals surface area contributed by atoms with E-state index in [4.69, 9.17) is 21.1 Å². The smallest absolute Gasteiger partial charge is 0.256 e.